The average molecular weight is 313 g/mol. The van der Waals surface area contributed by atoms with Gasteiger partial charge in [0.2, 0.25) is 0 Å². The molecule has 2 aromatic carbocycles. The van der Waals surface area contributed by atoms with Crippen LogP contribution in [0.1, 0.15) is 15.9 Å². The minimum atomic E-state index is 0.102. The van der Waals surface area contributed by atoms with Crippen LogP contribution in [0.15, 0.2) is 59.5 Å². The first-order chi connectivity index (χ1) is 10.8. The number of thioether (sulfide) groups is 1. The maximum Gasteiger partial charge on any atom is 0.254 e. The van der Waals surface area contributed by atoms with Crippen molar-refractivity contribution in [2.45, 2.75) is 10.6 Å². The summed E-state index contributed by atoms with van der Waals surface area (Å²) < 4.78 is 5.28. The monoisotopic (exact) mass is 313 g/mol. The van der Waals surface area contributed by atoms with E-state index in [-0.39, 0.29) is 5.91 Å². The summed E-state index contributed by atoms with van der Waals surface area (Å²) in [6, 6.07) is 18.3. The lowest BCUT2D eigenvalue weighted by Crippen LogP contribution is -2.40. The maximum absolute atomic E-state index is 12.4. The number of hydrogen-bond acceptors (Lipinski definition) is 3. The van der Waals surface area contributed by atoms with E-state index >= 15 is 0 Å². The number of nitrogens with zero attached hydrogens (tertiary/aromatic N) is 1. The van der Waals surface area contributed by atoms with E-state index in [1.54, 1.807) is 11.8 Å². The van der Waals surface area contributed by atoms with E-state index < -0.39 is 0 Å². The molecule has 0 aromatic heterocycles. The normalized spacial score (nSPS) is 14.8. The van der Waals surface area contributed by atoms with Gasteiger partial charge in [-0.3, -0.25) is 4.79 Å². The summed E-state index contributed by atoms with van der Waals surface area (Å²) in [6.07, 6.45) is 0. The lowest BCUT2D eigenvalue weighted by Gasteiger charge is -2.26. The molecule has 1 saturated heterocycles. The zero-order chi connectivity index (χ0) is 15.2. The van der Waals surface area contributed by atoms with Crippen molar-refractivity contribution in [3.8, 4) is 0 Å². The van der Waals surface area contributed by atoms with Crippen LogP contribution in [0.5, 0.6) is 0 Å². The summed E-state index contributed by atoms with van der Waals surface area (Å²) >= 11 is 1.80. The van der Waals surface area contributed by atoms with E-state index in [0.29, 0.717) is 26.3 Å². The smallest absolute Gasteiger partial charge is 0.254 e. The largest absolute Gasteiger partial charge is 0.378 e. The van der Waals surface area contributed by atoms with Crippen molar-refractivity contribution in [2.75, 3.05) is 26.3 Å². The fourth-order valence-electron chi connectivity index (χ4n) is 2.38. The van der Waals surface area contributed by atoms with E-state index in [4.69, 9.17) is 4.74 Å². The number of amides is 1. The molecule has 3 rings (SSSR count). The number of rotatable bonds is 4. The standard InChI is InChI=1S/C18H19NO2S/c20-18(19-10-12-21-13-11-19)16-8-6-15(7-9-16)14-22-17-4-2-1-3-5-17/h1-9H,10-14H2. The molecule has 2 aromatic rings. The van der Waals surface area contributed by atoms with Crippen molar-refractivity contribution in [3.63, 3.8) is 0 Å². The van der Waals surface area contributed by atoms with Gasteiger partial charge in [0, 0.05) is 29.3 Å². The van der Waals surface area contributed by atoms with Crippen LogP contribution >= 0.6 is 11.8 Å². The van der Waals surface area contributed by atoms with Gasteiger partial charge in [-0.25, -0.2) is 0 Å². The second-order valence-electron chi connectivity index (χ2n) is 5.20. The highest BCUT2D eigenvalue weighted by atomic mass is 32.2. The molecule has 1 amide bonds. The maximum atomic E-state index is 12.4. The van der Waals surface area contributed by atoms with Crippen molar-refractivity contribution in [3.05, 3.63) is 65.7 Å². The number of benzene rings is 2. The van der Waals surface area contributed by atoms with Gasteiger partial charge in [-0.1, -0.05) is 30.3 Å². The van der Waals surface area contributed by atoms with E-state index in [0.717, 1.165) is 11.3 Å². The number of ether oxygens (including phenoxy) is 1. The van der Waals surface area contributed by atoms with Gasteiger partial charge >= 0.3 is 0 Å². The van der Waals surface area contributed by atoms with Crippen LogP contribution < -0.4 is 0 Å². The molecule has 0 atom stereocenters. The van der Waals surface area contributed by atoms with Gasteiger partial charge in [0.15, 0.2) is 0 Å². The Morgan fingerprint density at radius 2 is 1.68 bits per heavy atom. The van der Waals surface area contributed by atoms with Crippen LogP contribution in [0.4, 0.5) is 0 Å². The molecule has 0 N–H and O–H groups in total. The Hall–Kier alpha value is -1.78. The fraction of sp³-hybridized carbons (Fsp3) is 0.278. The molecular formula is C18H19NO2S. The van der Waals surface area contributed by atoms with E-state index in [1.165, 1.54) is 10.5 Å². The third-order valence-electron chi connectivity index (χ3n) is 3.65. The Morgan fingerprint density at radius 1 is 1.00 bits per heavy atom. The minimum Gasteiger partial charge on any atom is -0.378 e. The van der Waals surface area contributed by atoms with Crippen LogP contribution in [0.25, 0.3) is 0 Å². The molecule has 1 aliphatic heterocycles. The molecule has 3 nitrogen and oxygen atoms in total. The van der Waals surface area contributed by atoms with E-state index in [1.807, 2.05) is 47.4 Å². The van der Waals surface area contributed by atoms with Gasteiger partial charge in [-0.15, -0.1) is 11.8 Å². The zero-order valence-corrected chi connectivity index (χ0v) is 13.2. The topological polar surface area (TPSA) is 29.5 Å². The Morgan fingerprint density at radius 3 is 2.36 bits per heavy atom. The van der Waals surface area contributed by atoms with Gasteiger partial charge in [0.25, 0.3) is 5.91 Å². The summed E-state index contributed by atoms with van der Waals surface area (Å²) in [4.78, 5) is 15.5. The second-order valence-corrected chi connectivity index (χ2v) is 6.25. The van der Waals surface area contributed by atoms with Crippen molar-refractivity contribution < 1.29 is 9.53 Å². The molecule has 0 unspecified atom stereocenters. The van der Waals surface area contributed by atoms with Crippen molar-refractivity contribution >= 4 is 17.7 Å². The van der Waals surface area contributed by atoms with Crippen LogP contribution in [0.3, 0.4) is 0 Å². The van der Waals surface area contributed by atoms with Crippen LogP contribution in [-0.4, -0.2) is 37.1 Å². The summed E-state index contributed by atoms with van der Waals surface area (Å²) in [5, 5.41) is 0. The van der Waals surface area contributed by atoms with Gasteiger partial charge in [0.05, 0.1) is 13.2 Å². The molecular weight excluding hydrogens is 294 g/mol. The number of carbonyl (C=O) groups excluding carboxylic acids is 1. The molecule has 0 radical (unpaired) electrons. The molecule has 0 bridgehead atoms. The van der Waals surface area contributed by atoms with Crippen LogP contribution in [0.2, 0.25) is 0 Å². The third-order valence-corrected chi connectivity index (χ3v) is 4.73. The van der Waals surface area contributed by atoms with Crippen LogP contribution in [0, 0.1) is 0 Å². The molecule has 1 fully saturated rings. The Balaban J connectivity index is 1.59. The second kappa shape index (κ2) is 7.47. The van der Waals surface area contributed by atoms with Gasteiger partial charge in [-0.05, 0) is 29.8 Å². The highest BCUT2D eigenvalue weighted by molar-refractivity contribution is 7.98. The predicted octanol–water partition coefficient (Wildman–Crippen LogP) is 3.45. The molecule has 4 heteroatoms. The summed E-state index contributed by atoms with van der Waals surface area (Å²) in [6.45, 7) is 2.64. The lowest BCUT2D eigenvalue weighted by atomic mass is 10.1. The third kappa shape index (κ3) is 3.90. The van der Waals surface area contributed by atoms with Gasteiger partial charge < -0.3 is 9.64 Å². The minimum absolute atomic E-state index is 0.102. The SMILES string of the molecule is O=C(c1ccc(CSc2ccccc2)cc1)N1CCOCC1. The summed E-state index contributed by atoms with van der Waals surface area (Å²) in [5.74, 6) is 1.02. The molecule has 114 valence electrons. The molecule has 0 spiro atoms. The van der Waals surface area contributed by atoms with Crippen LogP contribution in [-0.2, 0) is 10.5 Å². The van der Waals surface area contributed by atoms with Crippen molar-refractivity contribution in [2.24, 2.45) is 0 Å². The first kappa shape index (κ1) is 15.1. The Kier molecular flexibility index (Phi) is 5.14. The van der Waals surface area contributed by atoms with Gasteiger partial charge in [-0.2, -0.15) is 0 Å². The first-order valence-corrected chi connectivity index (χ1v) is 8.45. The fourth-order valence-corrected chi connectivity index (χ4v) is 3.25. The summed E-state index contributed by atoms with van der Waals surface area (Å²) in [7, 11) is 0. The lowest BCUT2D eigenvalue weighted by molar-refractivity contribution is 0.0303. The van der Waals surface area contributed by atoms with E-state index in [9.17, 15) is 4.79 Å². The average Bonchev–Trinajstić information content (AvgIpc) is 2.61. The Labute approximate surface area is 135 Å². The molecule has 22 heavy (non-hydrogen) atoms. The van der Waals surface area contributed by atoms with Gasteiger partial charge in [0.1, 0.15) is 0 Å². The molecule has 1 aliphatic rings. The zero-order valence-electron chi connectivity index (χ0n) is 12.4. The van der Waals surface area contributed by atoms with E-state index in [2.05, 4.69) is 12.1 Å². The predicted molar refractivity (Wildman–Crippen MR) is 89.2 cm³/mol. The number of morpholine rings is 1. The summed E-state index contributed by atoms with van der Waals surface area (Å²) in [5.41, 5.74) is 1.99. The highest BCUT2D eigenvalue weighted by Crippen LogP contribution is 2.22. The number of carbonyl (C=O) groups is 1. The quantitative estimate of drug-likeness (QED) is 0.810. The highest BCUT2D eigenvalue weighted by Gasteiger charge is 2.18. The molecule has 1 heterocycles. The number of hydrogen-bond donors (Lipinski definition) is 0. The first-order valence-electron chi connectivity index (χ1n) is 7.47. The van der Waals surface area contributed by atoms with Crippen molar-refractivity contribution in [1.82, 2.24) is 4.90 Å². The van der Waals surface area contributed by atoms with Crippen molar-refractivity contribution in [1.29, 1.82) is 0 Å². The molecule has 0 saturated carbocycles. The molecule has 0 aliphatic carbocycles. The Bertz CT molecular complexity index is 607.